The first-order valence-electron chi connectivity index (χ1n) is 14.2. The number of nitrogens with zero attached hydrogens (tertiary/aromatic N) is 3. The largest absolute Gasteiger partial charge is 0.497 e. The lowest BCUT2D eigenvalue weighted by molar-refractivity contribution is 0.0686. The average Bonchev–Trinajstić information content (AvgIpc) is 3.11. The van der Waals surface area contributed by atoms with E-state index in [4.69, 9.17) is 9.47 Å². The lowest BCUT2D eigenvalue weighted by atomic mass is 9.93. The quantitative estimate of drug-likeness (QED) is 0.170. The molecule has 0 radical (unpaired) electrons. The number of hydrogen-bond donors (Lipinski definition) is 2. The predicted octanol–water partition coefficient (Wildman–Crippen LogP) is 7.62. The molecule has 0 atom stereocenters. The monoisotopic (exact) mass is 609 g/mol. The number of methoxy groups -OCH3 is 2. The Kier molecular flexibility index (Phi) is 8.21. The second kappa shape index (κ2) is 12.7. The number of carboxylic acids is 2. The molecule has 0 aliphatic rings. The standard InChI is InChI=1S/C37H27N3O6/c1-45-30-7-3-22(4-8-30)26-15-27(23-5-9-31(46-2)10-6-23)17-28(16-26)24-11-13-38-32(18-24)34-20-29(37(43)44)21-35(40-34)33-19-25(36(41)42)12-14-39-33/h3-21H,1-2H3,(H,41,42)(H,43,44). The Bertz CT molecular complexity index is 2010. The molecule has 226 valence electrons. The van der Waals surface area contributed by atoms with E-state index in [1.807, 2.05) is 60.7 Å². The van der Waals surface area contributed by atoms with Gasteiger partial charge in [-0.15, -0.1) is 0 Å². The van der Waals surface area contributed by atoms with Gasteiger partial charge < -0.3 is 19.7 Å². The minimum absolute atomic E-state index is 0.0126. The Balaban J connectivity index is 1.47. The SMILES string of the molecule is COc1ccc(-c2cc(-c3ccc(OC)cc3)cc(-c3ccnc(-c4cc(C(=O)O)cc(-c5cc(C(=O)O)ccn5)n4)c3)c2)cc1. The zero-order valence-electron chi connectivity index (χ0n) is 24.8. The number of rotatable bonds is 9. The molecule has 2 N–H and O–H groups in total. The molecule has 3 aromatic heterocycles. The fourth-order valence-electron chi connectivity index (χ4n) is 5.06. The van der Waals surface area contributed by atoms with E-state index in [9.17, 15) is 19.8 Å². The van der Waals surface area contributed by atoms with Gasteiger partial charge >= 0.3 is 11.9 Å². The fourth-order valence-corrected chi connectivity index (χ4v) is 5.06. The van der Waals surface area contributed by atoms with Crippen molar-refractivity contribution in [1.82, 2.24) is 15.0 Å². The van der Waals surface area contributed by atoms with Crippen LogP contribution in [0.1, 0.15) is 20.7 Å². The zero-order valence-corrected chi connectivity index (χ0v) is 24.8. The molecule has 46 heavy (non-hydrogen) atoms. The molecule has 0 unspecified atom stereocenters. The molecule has 6 aromatic rings. The van der Waals surface area contributed by atoms with E-state index in [2.05, 4.69) is 33.2 Å². The smallest absolute Gasteiger partial charge is 0.335 e. The van der Waals surface area contributed by atoms with Gasteiger partial charge in [-0.05, 0) is 112 Å². The molecule has 6 rings (SSSR count). The van der Waals surface area contributed by atoms with Crippen LogP contribution in [0, 0.1) is 0 Å². The highest BCUT2D eigenvalue weighted by atomic mass is 16.5. The first kappa shape index (κ1) is 29.7. The maximum atomic E-state index is 12.1. The summed E-state index contributed by atoms with van der Waals surface area (Å²) in [6.45, 7) is 0. The van der Waals surface area contributed by atoms with E-state index < -0.39 is 11.9 Å². The van der Waals surface area contributed by atoms with Crippen molar-refractivity contribution in [2.24, 2.45) is 0 Å². The number of carbonyl (C=O) groups is 2. The second-order valence-electron chi connectivity index (χ2n) is 10.4. The Morgan fingerprint density at radius 3 is 1.39 bits per heavy atom. The van der Waals surface area contributed by atoms with Crippen LogP contribution in [-0.4, -0.2) is 51.3 Å². The van der Waals surface area contributed by atoms with E-state index >= 15 is 0 Å². The van der Waals surface area contributed by atoms with Gasteiger partial charge in [0.05, 0.1) is 48.1 Å². The van der Waals surface area contributed by atoms with Gasteiger partial charge in [-0.3, -0.25) is 9.97 Å². The van der Waals surface area contributed by atoms with E-state index in [-0.39, 0.29) is 22.5 Å². The Labute approximate surface area is 264 Å². The normalized spacial score (nSPS) is 10.7. The highest BCUT2D eigenvalue weighted by molar-refractivity contribution is 5.92. The molecule has 3 aromatic carbocycles. The van der Waals surface area contributed by atoms with Crippen molar-refractivity contribution < 1.29 is 29.3 Å². The summed E-state index contributed by atoms with van der Waals surface area (Å²) in [6.07, 6.45) is 3.00. The number of ether oxygens (including phenoxy) is 2. The summed E-state index contributed by atoms with van der Waals surface area (Å²) in [5.74, 6) is -0.769. The molecular weight excluding hydrogens is 582 g/mol. The molecule has 0 aliphatic heterocycles. The van der Waals surface area contributed by atoms with Gasteiger partial charge in [0.1, 0.15) is 11.5 Å². The highest BCUT2D eigenvalue weighted by Gasteiger charge is 2.16. The fraction of sp³-hybridized carbons (Fsp3) is 0.0541. The Morgan fingerprint density at radius 1 is 0.478 bits per heavy atom. The van der Waals surface area contributed by atoms with Crippen molar-refractivity contribution in [2.45, 2.75) is 0 Å². The molecule has 0 saturated heterocycles. The van der Waals surface area contributed by atoms with Crippen LogP contribution in [0.3, 0.4) is 0 Å². The summed E-state index contributed by atoms with van der Waals surface area (Å²) in [4.78, 5) is 37.0. The predicted molar refractivity (Wildman–Crippen MR) is 174 cm³/mol. The third-order valence-electron chi connectivity index (χ3n) is 7.48. The van der Waals surface area contributed by atoms with Crippen LogP contribution in [-0.2, 0) is 0 Å². The average molecular weight is 610 g/mol. The van der Waals surface area contributed by atoms with Crippen LogP contribution in [0.5, 0.6) is 11.5 Å². The van der Waals surface area contributed by atoms with E-state index in [1.54, 1.807) is 20.4 Å². The van der Waals surface area contributed by atoms with Gasteiger partial charge in [0.2, 0.25) is 0 Å². The summed E-state index contributed by atoms with van der Waals surface area (Å²) >= 11 is 0. The molecule has 0 aliphatic carbocycles. The Hall–Kier alpha value is -6.35. The van der Waals surface area contributed by atoms with E-state index in [0.29, 0.717) is 11.4 Å². The molecule has 0 bridgehead atoms. The van der Waals surface area contributed by atoms with Crippen LogP contribution < -0.4 is 9.47 Å². The van der Waals surface area contributed by atoms with Crippen LogP contribution in [0.4, 0.5) is 0 Å². The van der Waals surface area contributed by atoms with Crippen molar-refractivity contribution in [3.63, 3.8) is 0 Å². The first-order chi connectivity index (χ1) is 22.3. The van der Waals surface area contributed by atoms with E-state index in [0.717, 1.165) is 44.9 Å². The minimum atomic E-state index is -1.16. The molecule has 3 heterocycles. The molecular formula is C37H27N3O6. The second-order valence-corrected chi connectivity index (χ2v) is 10.4. The van der Waals surface area contributed by atoms with Gasteiger partial charge in [0.15, 0.2) is 0 Å². The first-order valence-corrected chi connectivity index (χ1v) is 14.2. The third-order valence-corrected chi connectivity index (χ3v) is 7.48. The topological polar surface area (TPSA) is 132 Å². The molecule has 0 fully saturated rings. The van der Waals surface area contributed by atoms with Crippen molar-refractivity contribution in [3.8, 4) is 67.7 Å². The van der Waals surface area contributed by atoms with Crippen molar-refractivity contribution in [2.75, 3.05) is 14.2 Å². The Morgan fingerprint density at radius 2 is 0.913 bits per heavy atom. The summed E-state index contributed by atoms with van der Waals surface area (Å²) in [6, 6.07) is 31.2. The van der Waals surface area contributed by atoms with Crippen molar-refractivity contribution >= 4 is 11.9 Å². The molecule has 0 saturated carbocycles. The van der Waals surface area contributed by atoms with Gasteiger partial charge in [0.25, 0.3) is 0 Å². The molecule has 0 amide bonds. The molecule has 9 nitrogen and oxygen atoms in total. The van der Waals surface area contributed by atoms with Crippen molar-refractivity contribution in [3.05, 3.63) is 127 Å². The van der Waals surface area contributed by atoms with Gasteiger partial charge in [0, 0.05) is 12.4 Å². The molecule has 0 spiro atoms. The van der Waals surface area contributed by atoms with E-state index in [1.165, 1.54) is 30.5 Å². The highest BCUT2D eigenvalue weighted by Crippen LogP contribution is 2.35. The van der Waals surface area contributed by atoms with Crippen molar-refractivity contribution in [1.29, 1.82) is 0 Å². The van der Waals surface area contributed by atoms with Crippen LogP contribution in [0.15, 0.2) is 116 Å². The summed E-state index contributed by atoms with van der Waals surface area (Å²) in [7, 11) is 3.26. The number of benzene rings is 3. The summed E-state index contributed by atoms with van der Waals surface area (Å²) in [5, 5.41) is 19.3. The maximum Gasteiger partial charge on any atom is 0.335 e. The number of aromatic carboxylic acids is 2. The van der Waals surface area contributed by atoms with Crippen LogP contribution >= 0.6 is 0 Å². The summed E-state index contributed by atoms with van der Waals surface area (Å²) < 4.78 is 10.7. The number of carboxylic acid groups (broad SMARTS) is 2. The van der Waals surface area contributed by atoms with Crippen LogP contribution in [0.25, 0.3) is 56.2 Å². The van der Waals surface area contributed by atoms with Gasteiger partial charge in [-0.1, -0.05) is 24.3 Å². The lowest BCUT2D eigenvalue weighted by Crippen LogP contribution is -2.02. The summed E-state index contributed by atoms with van der Waals surface area (Å²) in [5.41, 5.74) is 6.91. The van der Waals surface area contributed by atoms with Crippen LogP contribution in [0.2, 0.25) is 0 Å². The maximum absolute atomic E-state index is 12.1. The third kappa shape index (κ3) is 6.29. The van der Waals surface area contributed by atoms with Gasteiger partial charge in [-0.25, -0.2) is 14.6 Å². The lowest BCUT2D eigenvalue weighted by Gasteiger charge is -2.13. The minimum Gasteiger partial charge on any atom is -0.497 e. The number of pyridine rings is 3. The van der Waals surface area contributed by atoms with Gasteiger partial charge in [-0.2, -0.15) is 0 Å². The number of aromatic nitrogens is 3. The number of hydrogen-bond acceptors (Lipinski definition) is 7. The molecule has 9 heteroatoms. The zero-order chi connectivity index (χ0) is 32.2.